The Hall–Kier alpha value is -4.90. The van der Waals surface area contributed by atoms with Gasteiger partial charge in [-0.3, -0.25) is 25.0 Å². The molecule has 4 rings (SSSR count). The Morgan fingerprint density at radius 2 is 1.62 bits per heavy atom. The van der Waals surface area contributed by atoms with Gasteiger partial charge in [-0.2, -0.15) is 0 Å². The highest BCUT2D eigenvalue weighted by molar-refractivity contribution is 6.39. The quantitative estimate of drug-likeness (QED) is 0.151. The smallest absolute Gasteiger partial charge is 0.335 e. The van der Waals surface area contributed by atoms with E-state index in [2.05, 4.69) is 5.32 Å². The summed E-state index contributed by atoms with van der Waals surface area (Å²) in [6.45, 7) is 4.37. The maximum absolute atomic E-state index is 13.3. The Morgan fingerprint density at radius 1 is 0.950 bits per heavy atom. The number of carbonyl (C=O) groups excluding carboxylic acids is 3. The van der Waals surface area contributed by atoms with Crippen LogP contribution in [0, 0.1) is 10.1 Å². The molecule has 1 aliphatic heterocycles. The predicted molar refractivity (Wildman–Crippen MR) is 147 cm³/mol. The Bertz CT molecular complexity index is 1490. The van der Waals surface area contributed by atoms with Gasteiger partial charge in [0.2, 0.25) is 0 Å². The van der Waals surface area contributed by atoms with Gasteiger partial charge in [-0.15, -0.1) is 0 Å². The third-order valence-electron chi connectivity index (χ3n) is 5.68. The number of urea groups is 1. The molecule has 1 fully saturated rings. The monoisotopic (exact) mass is 565 g/mol. The lowest BCUT2D eigenvalue weighted by atomic mass is 10.1. The van der Waals surface area contributed by atoms with Crippen LogP contribution in [-0.4, -0.2) is 36.0 Å². The summed E-state index contributed by atoms with van der Waals surface area (Å²) in [5.74, 6) is -0.631. The molecule has 1 aliphatic rings. The van der Waals surface area contributed by atoms with Crippen molar-refractivity contribution in [3.05, 3.63) is 92.5 Å². The number of nitro benzene ring substituents is 1. The van der Waals surface area contributed by atoms with E-state index < -0.39 is 22.8 Å². The number of anilines is 1. The van der Waals surface area contributed by atoms with Crippen LogP contribution in [0.3, 0.4) is 0 Å². The number of halogens is 1. The molecule has 0 aromatic heterocycles. The Balaban J connectivity index is 1.61. The highest BCUT2D eigenvalue weighted by Gasteiger charge is 2.37. The largest absolute Gasteiger partial charge is 0.494 e. The van der Waals surface area contributed by atoms with Crippen molar-refractivity contribution in [1.29, 1.82) is 0 Å². The van der Waals surface area contributed by atoms with Gasteiger partial charge in [-0.05, 0) is 79.6 Å². The van der Waals surface area contributed by atoms with Gasteiger partial charge >= 0.3 is 6.03 Å². The fourth-order valence-corrected chi connectivity index (χ4v) is 4.13. The number of hydrogen-bond acceptors (Lipinski definition) is 8. The van der Waals surface area contributed by atoms with Crippen molar-refractivity contribution in [2.75, 3.05) is 18.1 Å². The molecular formula is C28H24ClN3O8. The van der Waals surface area contributed by atoms with E-state index in [0.29, 0.717) is 23.5 Å². The average molecular weight is 566 g/mol. The van der Waals surface area contributed by atoms with Crippen molar-refractivity contribution in [2.24, 2.45) is 0 Å². The normalized spacial score (nSPS) is 14.2. The van der Waals surface area contributed by atoms with Crippen molar-refractivity contribution in [2.45, 2.75) is 20.5 Å². The van der Waals surface area contributed by atoms with Crippen molar-refractivity contribution >= 4 is 46.9 Å². The molecule has 1 N–H and O–H groups in total. The molecule has 3 aromatic carbocycles. The van der Waals surface area contributed by atoms with Gasteiger partial charge in [-0.1, -0.05) is 11.6 Å². The SMILES string of the molecule is CCOc1ccc(N2C(=O)NC(=O)/C(=C\c3cc(Cl)c(OCc4ccc([N+](=O)[O-])cc4)c(OCC)c3)C2=O)cc1. The van der Waals surface area contributed by atoms with Crippen LogP contribution in [0.4, 0.5) is 16.2 Å². The van der Waals surface area contributed by atoms with Crippen molar-refractivity contribution in [3.8, 4) is 17.2 Å². The summed E-state index contributed by atoms with van der Waals surface area (Å²) < 4.78 is 16.9. The molecule has 1 heterocycles. The van der Waals surface area contributed by atoms with Gasteiger partial charge in [0.25, 0.3) is 17.5 Å². The molecule has 0 radical (unpaired) electrons. The first kappa shape index (κ1) is 28.1. The summed E-state index contributed by atoms with van der Waals surface area (Å²) in [5, 5.41) is 13.2. The average Bonchev–Trinajstić information content (AvgIpc) is 2.92. The third-order valence-corrected chi connectivity index (χ3v) is 5.96. The van der Waals surface area contributed by atoms with Gasteiger partial charge in [0.05, 0.1) is 28.8 Å². The second-order valence-electron chi connectivity index (χ2n) is 8.36. The molecule has 0 unspecified atom stereocenters. The number of benzene rings is 3. The lowest BCUT2D eigenvalue weighted by molar-refractivity contribution is -0.384. The number of carbonyl (C=O) groups is 3. The first-order valence-electron chi connectivity index (χ1n) is 12.2. The Labute approximate surface area is 234 Å². The Kier molecular flexibility index (Phi) is 8.65. The van der Waals surface area contributed by atoms with Crippen LogP contribution in [0.2, 0.25) is 5.02 Å². The van der Waals surface area contributed by atoms with Crippen molar-refractivity contribution in [3.63, 3.8) is 0 Å². The minimum absolute atomic E-state index is 0.0433. The minimum atomic E-state index is -0.876. The van der Waals surface area contributed by atoms with Crippen LogP contribution >= 0.6 is 11.6 Å². The molecule has 12 heteroatoms. The van der Waals surface area contributed by atoms with Crippen LogP contribution in [0.25, 0.3) is 6.08 Å². The molecular weight excluding hydrogens is 542 g/mol. The van der Waals surface area contributed by atoms with Crippen LogP contribution in [0.5, 0.6) is 17.2 Å². The molecule has 0 aliphatic carbocycles. The molecule has 1 saturated heterocycles. The van der Waals surface area contributed by atoms with Gasteiger partial charge in [-0.25, -0.2) is 9.69 Å². The van der Waals surface area contributed by atoms with Gasteiger partial charge in [0.1, 0.15) is 17.9 Å². The van der Waals surface area contributed by atoms with Crippen molar-refractivity contribution < 1.29 is 33.5 Å². The lowest BCUT2D eigenvalue weighted by Crippen LogP contribution is -2.54. The fraction of sp³-hybridized carbons (Fsp3) is 0.179. The predicted octanol–water partition coefficient (Wildman–Crippen LogP) is 5.29. The van der Waals surface area contributed by atoms with Crippen LogP contribution in [-0.2, 0) is 16.2 Å². The summed E-state index contributed by atoms with van der Waals surface area (Å²) in [6, 6.07) is 14.3. The first-order chi connectivity index (χ1) is 19.2. The van der Waals surface area contributed by atoms with E-state index in [9.17, 15) is 24.5 Å². The zero-order valence-corrected chi connectivity index (χ0v) is 22.3. The maximum atomic E-state index is 13.3. The minimum Gasteiger partial charge on any atom is -0.494 e. The zero-order valence-electron chi connectivity index (χ0n) is 21.5. The zero-order chi connectivity index (χ0) is 28.8. The van der Waals surface area contributed by atoms with E-state index in [1.165, 1.54) is 36.4 Å². The summed E-state index contributed by atoms with van der Waals surface area (Å²) in [7, 11) is 0. The number of nitro groups is 1. The lowest BCUT2D eigenvalue weighted by Gasteiger charge is -2.26. The molecule has 3 aromatic rings. The Morgan fingerprint density at radius 3 is 2.25 bits per heavy atom. The number of barbiturate groups is 1. The second-order valence-corrected chi connectivity index (χ2v) is 8.77. The van der Waals surface area contributed by atoms with E-state index in [1.807, 2.05) is 6.92 Å². The number of nitrogens with one attached hydrogen (secondary N) is 1. The summed E-state index contributed by atoms with van der Waals surface area (Å²) in [4.78, 5) is 49.7. The standard InChI is InChI=1S/C28H24ClN3O8/c1-3-38-21-11-9-19(10-12-21)31-27(34)22(26(33)30-28(31)35)13-18-14-23(29)25(24(15-18)39-4-2)40-16-17-5-7-20(8-6-17)32(36)37/h5-15H,3-4,16H2,1-2H3,(H,30,33,35)/b22-13+. The molecule has 11 nitrogen and oxygen atoms in total. The number of imide groups is 2. The fourth-order valence-electron chi connectivity index (χ4n) is 3.86. The number of non-ortho nitro benzene ring substituents is 1. The highest BCUT2D eigenvalue weighted by atomic mass is 35.5. The van der Waals surface area contributed by atoms with E-state index in [-0.39, 0.29) is 46.7 Å². The van der Waals surface area contributed by atoms with Crippen LogP contribution in [0.15, 0.2) is 66.2 Å². The van der Waals surface area contributed by atoms with Gasteiger partial charge in [0, 0.05) is 12.1 Å². The molecule has 0 bridgehead atoms. The topological polar surface area (TPSA) is 137 Å². The number of amides is 4. The summed E-state index contributed by atoms with van der Waals surface area (Å²) >= 11 is 6.50. The third kappa shape index (κ3) is 6.21. The van der Waals surface area contributed by atoms with Crippen molar-refractivity contribution in [1.82, 2.24) is 5.32 Å². The number of nitrogens with zero attached hydrogens (tertiary/aromatic N) is 2. The highest BCUT2D eigenvalue weighted by Crippen LogP contribution is 2.38. The summed E-state index contributed by atoms with van der Waals surface area (Å²) in [6.07, 6.45) is 1.31. The second kappa shape index (κ2) is 12.3. The van der Waals surface area contributed by atoms with Crippen LogP contribution < -0.4 is 24.4 Å². The number of ether oxygens (including phenoxy) is 3. The molecule has 40 heavy (non-hydrogen) atoms. The molecule has 206 valence electrons. The van der Waals surface area contributed by atoms with E-state index >= 15 is 0 Å². The van der Waals surface area contributed by atoms with E-state index in [1.54, 1.807) is 37.3 Å². The van der Waals surface area contributed by atoms with E-state index in [0.717, 1.165) is 4.90 Å². The molecule has 0 spiro atoms. The number of rotatable bonds is 10. The van der Waals surface area contributed by atoms with Crippen LogP contribution in [0.1, 0.15) is 25.0 Å². The maximum Gasteiger partial charge on any atom is 0.335 e. The molecule has 4 amide bonds. The van der Waals surface area contributed by atoms with Gasteiger partial charge in [0.15, 0.2) is 11.5 Å². The van der Waals surface area contributed by atoms with E-state index in [4.69, 9.17) is 25.8 Å². The number of hydrogen-bond donors (Lipinski definition) is 1. The molecule has 0 saturated carbocycles. The summed E-state index contributed by atoms with van der Waals surface area (Å²) in [5.41, 5.74) is 0.951. The first-order valence-corrected chi connectivity index (χ1v) is 12.6. The van der Waals surface area contributed by atoms with Gasteiger partial charge < -0.3 is 14.2 Å². The molecule has 0 atom stereocenters.